The molecule has 0 bridgehead atoms. The van der Waals surface area contributed by atoms with Gasteiger partial charge in [-0.15, -0.1) is 0 Å². The fraction of sp³-hybridized carbons (Fsp3) is 0.324. The normalized spacial score (nSPS) is 21.0. The van der Waals surface area contributed by atoms with Crippen molar-refractivity contribution >= 4 is 51.4 Å². The molecule has 0 amide bonds. The molecular formula is C37H34Cl2N6O4. The molecule has 0 spiro atoms. The molecule has 4 heterocycles. The minimum Gasteiger partial charge on any atom is -0.481 e. The number of aryl methyl sites for hydroxylation is 2. The average molecular weight is 698 g/mol. The highest BCUT2D eigenvalue weighted by Crippen LogP contribution is 2.56. The number of aromatic nitrogens is 4. The first-order valence-corrected chi connectivity index (χ1v) is 17.2. The van der Waals surface area contributed by atoms with Crippen LogP contribution in [0.25, 0.3) is 33.2 Å². The van der Waals surface area contributed by atoms with Crippen molar-refractivity contribution in [2.24, 2.45) is 24.8 Å². The topological polar surface area (TPSA) is 111 Å². The van der Waals surface area contributed by atoms with Gasteiger partial charge in [0.25, 0.3) is 5.56 Å². The molecule has 2 fully saturated rings. The maximum atomic E-state index is 12.9. The number of pyridine rings is 2. The number of esters is 1. The van der Waals surface area contributed by atoms with E-state index in [4.69, 9.17) is 37.7 Å². The number of carbonyl (C=O) groups is 1. The van der Waals surface area contributed by atoms with Crippen molar-refractivity contribution in [1.82, 2.24) is 24.6 Å². The van der Waals surface area contributed by atoms with Gasteiger partial charge >= 0.3 is 5.97 Å². The van der Waals surface area contributed by atoms with E-state index >= 15 is 0 Å². The molecule has 1 saturated carbocycles. The van der Waals surface area contributed by atoms with Crippen LogP contribution in [-0.4, -0.2) is 57.4 Å². The second-order valence-corrected chi connectivity index (χ2v) is 13.6. The number of rotatable bonds is 8. The number of likely N-dealkylation sites (tertiary alicyclic amines) is 1. The summed E-state index contributed by atoms with van der Waals surface area (Å²) in [5, 5.41) is 9.42. The van der Waals surface area contributed by atoms with E-state index in [1.807, 2.05) is 43.3 Å². The number of halogens is 2. The molecule has 10 nitrogen and oxygen atoms in total. The molecule has 1 saturated heterocycles. The number of anilines is 2. The zero-order valence-corrected chi connectivity index (χ0v) is 28.8. The van der Waals surface area contributed by atoms with Gasteiger partial charge in [0.2, 0.25) is 5.88 Å². The van der Waals surface area contributed by atoms with Crippen molar-refractivity contribution in [3.05, 3.63) is 92.5 Å². The van der Waals surface area contributed by atoms with Crippen molar-refractivity contribution in [1.29, 1.82) is 0 Å². The Morgan fingerprint density at radius 1 is 1.04 bits per heavy atom. The standard InChI is InChI=1S/C37H34Cl2N6O4/c1-4-49-37(47)31-24-17-45(18-25(24)31)28-12-11-19-15-27(43-35(48-3)29(19)28)23-9-5-7-21(32(23)38)22-8-6-10-26(33(22)39)42-34-30-20(13-14-40-34)16-41-44(2)36(30)46/h5-10,13-16,24-25,28,31H,4,11-12,17-18H2,1-3H3,(H,40,42). The van der Waals surface area contributed by atoms with E-state index in [0.29, 0.717) is 56.6 Å². The van der Waals surface area contributed by atoms with Crippen LogP contribution in [0.1, 0.15) is 30.5 Å². The van der Waals surface area contributed by atoms with Gasteiger partial charge in [-0.2, -0.15) is 5.10 Å². The molecule has 2 aromatic carbocycles. The number of methoxy groups -OCH3 is 1. The van der Waals surface area contributed by atoms with Crippen LogP contribution in [0.5, 0.6) is 5.88 Å². The van der Waals surface area contributed by atoms with E-state index in [1.165, 1.54) is 10.2 Å². The van der Waals surface area contributed by atoms with Crippen LogP contribution in [-0.2, 0) is 23.0 Å². The molecule has 8 rings (SSSR count). The van der Waals surface area contributed by atoms with E-state index in [2.05, 4.69) is 26.4 Å². The second-order valence-electron chi connectivity index (χ2n) is 12.9. The quantitative estimate of drug-likeness (QED) is 0.174. The predicted octanol–water partition coefficient (Wildman–Crippen LogP) is 6.84. The largest absolute Gasteiger partial charge is 0.481 e. The summed E-state index contributed by atoms with van der Waals surface area (Å²) in [6.45, 7) is 4.05. The van der Waals surface area contributed by atoms with Crippen molar-refractivity contribution in [3.63, 3.8) is 0 Å². The summed E-state index contributed by atoms with van der Waals surface area (Å²) < 4.78 is 12.5. The molecule has 250 valence electrons. The van der Waals surface area contributed by atoms with E-state index in [0.717, 1.165) is 53.9 Å². The highest BCUT2D eigenvalue weighted by molar-refractivity contribution is 6.39. The Hall–Kier alpha value is -4.51. The highest BCUT2D eigenvalue weighted by Gasteiger charge is 2.61. The van der Waals surface area contributed by atoms with Gasteiger partial charge in [-0.3, -0.25) is 14.5 Å². The molecule has 1 aliphatic heterocycles. The molecule has 49 heavy (non-hydrogen) atoms. The lowest BCUT2D eigenvalue weighted by atomic mass is 9.99. The summed E-state index contributed by atoms with van der Waals surface area (Å²) in [6.07, 6.45) is 5.13. The molecule has 12 heteroatoms. The minimum atomic E-state index is -0.264. The number of benzene rings is 2. The summed E-state index contributed by atoms with van der Waals surface area (Å²) in [4.78, 5) is 37.2. The van der Waals surface area contributed by atoms with Crippen molar-refractivity contribution < 1.29 is 14.3 Å². The molecule has 2 aliphatic carbocycles. The maximum Gasteiger partial charge on any atom is 0.309 e. The third-order valence-electron chi connectivity index (χ3n) is 10.2. The first kappa shape index (κ1) is 31.7. The van der Waals surface area contributed by atoms with Gasteiger partial charge in [0.1, 0.15) is 5.82 Å². The van der Waals surface area contributed by atoms with Gasteiger partial charge in [-0.1, -0.05) is 53.5 Å². The highest BCUT2D eigenvalue weighted by atomic mass is 35.5. The van der Waals surface area contributed by atoms with Crippen LogP contribution in [0.4, 0.5) is 11.5 Å². The van der Waals surface area contributed by atoms with Gasteiger partial charge < -0.3 is 14.8 Å². The lowest BCUT2D eigenvalue weighted by Gasteiger charge is -2.28. The van der Waals surface area contributed by atoms with Crippen LogP contribution in [0.2, 0.25) is 10.0 Å². The van der Waals surface area contributed by atoms with Gasteiger partial charge in [0.15, 0.2) is 0 Å². The molecule has 3 aromatic heterocycles. The smallest absolute Gasteiger partial charge is 0.309 e. The third-order valence-corrected chi connectivity index (χ3v) is 11.0. The second kappa shape index (κ2) is 12.4. The Morgan fingerprint density at radius 2 is 1.78 bits per heavy atom. The number of hydrogen-bond donors (Lipinski definition) is 1. The summed E-state index contributed by atoms with van der Waals surface area (Å²) in [5.41, 5.74) is 5.59. The molecule has 5 aromatic rings. The lowest BCUT2D eigenvalue weighted by molar-refractivity contribution is -0.145. The maximum absolute atomic E-state index is 12.9. The number of fused-ring (bicyclic) bond motifs is 3. The van der Waals surface area contributed by atoms with Gasteiger partial charge in [0.05, 0.1) is 52.6 Å². The van der Waals surface area contributed by atoms with E-state index in [1.54, 1.807) is 32.6 Å². The van der Waals surface area contributed by atoms with Gasteiger partial charge in [-0.25, -0.2) is 14.6 Å². The number of carbonyl (C=O) groups excluding carboxylic acids is 1. The Balaban J connectivity index is 1.09. The van der Waals surface area contributed by atoms with Crippen LogP contribution >= 0.6 is 23.2 Å². The molecular weight excluding hydrogens is 663 g/mol. The number of hydrogen-bond acceptors (Lipinski definition) is 9. The van der Waals surface area contributed by atoms with Crippen molar-refractivity contribution in [2.75, 3.05) is 32.1 Å². The van der Waals surface area contributed by atoms with Crippen molar-refractivity contribution in [2.45, 2.75) is 25.8 Å². The summed E-state index contributed by atoms with van der Waals surface area (Å²) in [7, 11) is 3.26. The van der Waals surface area contributed by atoms with E-state index < -0.39 is 0 Å². The molecule has 3 atom stereocenters. The zero-order chi connectivity index (χ0) is 34.0. The third kappa shape index (κ3) is 5.33. The fourth-order valence-electron chi connectivity index (χ4n) is 7.81. The van der Waals surface area contributed by atoms with Crippen LogP contribution in [0.3, 0.4) is 0 Å². The van der Waals surface area contributed by atoms with Crippen LogP contribution < -0.4 is 15.6 Å². The minimum absolute atomic E-state index is 0.0420. The predicted molar refractivity (Wildman–Crippen MR) is 189 cm³/mol. The van der Waals surface area contributed by atoms with Crippen LogP contribution in [0, 0.1) is 17.8 Å². The Bertz CT molecular complexity index is 2190. The molecule has 0 radical (unpaired) electrons. The molecule has 3 unspecified atom stereocenters. The first-order valence-electron chi connectivity index (χ1n) is 16.4. The first-order chi connectivity index (χ1) is 23.8. The lowest BCUT2D eigenvalue weighted by Crippen LogP contribution is -2.30. The molecule has 3 aliphatic rings. The summed E-state index contributed by atoms with van der Waals surface area (Å²) >= 11 is 14.2. The van der Waals surface area contributed by atoms with Crippen molar-refractivity contribution in [3.8, 4) is 28.3 Å². The Labute approximate surface area is 293 Å². The number of nitrogens with zero attached hydrogens (tertiary/aromatic N) is 5. The fourth-order valence-corrected chi connectivity index (χ4v) is 8.41. The Kier molecular flexibility index (Phi) is 8.05. The summed E-state index contributed by atoms with van der Waals surface area (Å²) in [5.74, 6) is 1.72. The average Bonchev–Trinajstić information content (AvgIpc) is 3.38. The number of piperidine rings is 1. The van der Waals surface area contributed by atoms with E-state index in [-0.39, 0.29) is 23.5 Å². The van der Waals surface area contributed by atoms with Gasteiger partial charge in [0, 0.05) is 60.0 Å². The van der Waals surface area contributed by atoms with Crippen LogP contribution in [0.15, 0.2) is 65.7 Å². The summed E-state index contributed by atoms with van der Waals surface area (Å²) in [6, 6.07) is 15.5. The Morgan fingerprint density at radius 3 is 2.53 bits per heavy atom. The zero-order valence-electron chi connectivity index (χ0n) is 27.2. The SMILES string of the molecule is CCOC(=O)C1C2CN(C3CCc4cc(-c5cccc(-c6cccc(Nc7nccc8cnn(C)c(=O)c78)c6Cl)c5Cl)nc(OC)c43)CC21. The van der Waals surface area contributed by atoms with Gasteiger partial charge in [-0.05, 0) is 55.4 Å². The number of nitrogens with one attached hydrogen (secondary N) is 1. The monoisotopic (exact) mass is 696 g/mol. The molecule has 1 N–H and O–H groups in total. The number of ether oxygens (including phenoxy) is 2. The van der Waals surface area contributed by atoms with E-state index in [9.17, 15) is 9.59 Å².